The molecule has 26 heavy (non-hydrogen) atoms. The lowest BCUT2D eigenvalue weighted by atomic mass is 9.95. The predicted octanol–water partition coefficient (Wildman–Crippen LogP) is 2.50. The van der Waals surface area contributed by atoms with Gasteiger partial charge >= 0.3 is 0 Å². The number of nitrogens with zero attached hydrogens (tertiary/aromatic N) is 2. The van der Waals surface area contributed by atoms with Crippen molar-refractivity contribution in [1.82, 2.24) is 4.90 Å². The summed E-state index contributed by atoms with van der Waals surface area (Å²) in [4.78, 5) is 28.9. The van der Waals surface area contributed by atoms with Crippen molar-refractivity contribution in [2.45, 2.75) is 32.6 Å². The maximum absolute atomic E-state index is 12.7. The van der Waals surface area contributed by atoms with E-state index in [9.17, 15) is 9.59 Å². The number of ether oxygens (including phenoxy) is 1. The van der Waals surface area contributed by atoms with Crippen molar-refractivity contribution in [2.75, 3.05) is 49.6 Å². The Hall–Kier alpha value is -2.08. The van der Waals surface area contributed by atoms with Gasteiger partial charge in [0.1, 0.15) is 0 Å². The number of anilines is 2. The third kappa shape index (κ3) is 4.55. The maximum Gasteiger partial charge on any atom is 0.227 e. The van der Waals surface area contributed by atoms with Gasteiger partial charge in [0.05, 0.1) is 24.6 Å². The Morgan fingerprint density at radius 1 is 1.12 bits per heavy atom. The topological polar surface area (TPSA) is 61.9 Å². The predicted molar refractivity (Wildman–Crippen MR) is 102 cm³/mol. The van der Waals surface area contributed by atoms with E-state index in [4.69, 9.17) is 4.74 Å². The summed E-state index contributed by atoms with van der Waals surface area (Å²) >= 11 is 0. The second-order valence-corrected chi connectivity index (χ2v) is 7.01. The van der Waals surface area contributed by atoms with E-state index in [1.165, 1.54) is 0 Å². The molecule has 1 aromatic rings. The fourth-order valence-corrected chi connectivity index (χ4v) is 3.66. The van der Waals surface area contributed by atoms with Crippen LogP contribution in [0, 0.1) is 5.92 Å². The van der Waals surface area contributed by atoms with Gasteiger partial charge in [-0.25, -0.2) is 0 Å². The lowest BCUT2D eigenvalue weighted by Crippen LogP contribution is -2.41. The minimum Gasteiger partial charge on any atom is -0.378 e. The van der Waals surface area contributed by atoms with Gasteiger partial charge in [0, 0.05) is 38.5 Å². The normalized spacial score (nSPS) is 18.7. The van der Waals surface area contributed by atoms with E-state index in [0.717, 1.165) is 43.7 Å². The molecule has 0 aliphatic carbocycles. The lowest BCUT2D eigenvalue weighted by Gasteiger charge is -2.33. The van der Waals surface area contributed by atoms with E-state index in [2.05, 4.69) is 10.2 Å². The van der Waals surface area contributed by atoms with Gasteiger partial charge in [0.15, 0.2) is 0 Å². The summed E-state index contributed by atoms with van der Waals surface area (Å²) in [6.45, 7) is 6.49. The lowest BCUT2D eigenvalue weighted by molar-refractivity contribution is -0.134. The van der Waals surface area contributed by atoms with Crippen molar-refractivity contribution < 1.29 is 14.3 Å². The Bertz CT molecular complexity index is 620. The Balaban J connectivity index is 1.58. The quantitative estimate of drug-likeness (QED) is 0.877. The van der Waals surface area contributed by atoms with E-state index < -0.39 is 0 Å². The van der Waals surface area contributed by atoms with E-state index in [1.54, 1.807) is 0 Å². The van der Waals surface area contributed by atoms with Gasteiger partial charge in [-0.2, -0.15) is 0 Å². The highest BCUT2D eigenvalue weighted by atomic mass is 16.5. The van der Waals surface area contributed by atoms with Crippen LogP contribution >= 0.6 is 0 Å². The van der Waals surface area contributed by atoms with Crippen molar-refractivity contribution in [3.8, 4) is 0 Å². The first kappa shape index (κ1) is 18.7. The van der Waals surface area contributed by atoms with Crippen molar-refractivity contribution in [2.24, 2.45) is 5.92 Å². The number of para-hydroxylation sites is 2. The average Bonchev–Trinajstić information content (AvgIpc) is 2.69. The summed E-state index contributed by atoms with van der Waals surface area (Å²) in [6, 6.07) is 7.96. The number of benzene rings is 1. The molecule has 0 unspecified atom stereocenters. The van der Waals surface area contributed by atoms with Gasteiger partial charge < -0.3 is 19.9 Å². The van der Waals surface area contributed by atoms with Gasteiger partial charge in [0.25, 0.3) is 0 Å². The Morgan fingerprint density at radius 2 is 1.81 bits per heavy atom. The number of likely N-dealkylation sites (tertiary alicyclic amines) is 1. The molecule has 1 aromatic carbocycles. The van der Waals surface area contributed by atoms with Crippen LogP contribution in [0.2, 0.25) is 0 Å². The zero-order chi connectivity index (χ0) is 18.4. The van der Waals surface area contributed by atoms with Crippen molar-refractivity contribution in [3.05, 3.63) is 24.3 Å². The molecule has 2 aliphatic heterocycles. The van der Waals surface area contributed by atoms with Crippen LogP contribution in [0.15, 0.2) is 24.3 Å². The Kier molecular flexibility index (Phi) is 6.50. The maximum atomic E-state index is 12.7. The molecule has 2 saturated heterocycles. The first-order valence-corrected chi connectivity index (χ1v) is 9.69. The summed E-state index contributed by atoms with van der Waals surface area (Å²) in [5, 5.41) is 3.12. The standard InChI is InChI=1S/C20H29N3O3/c1-2-5-19(24)23-10-8-16(9-11-23)20(25)21-17-6-3-4-7-18(17)22-12-14-26-15-13-22/h3-4,6-7,16H,2,5,8-15H2,1H3,(H,21,25). The summed E-state index contributed by atoms with van der Waals surface area (Å²) < 4.78 is 5.42. The molecule has 0 radical (unpaired) electrons. The average molecular weight is 359 g/mol. The molecule has 0 bridgehead atoms. The molecular formula is C20H29N3O3. The zero-order valence-corrected chi connectivity index (χ0v) is 15.6. The van der Waals surface area contributed by atoms with E-state index in [-0.39, 0.29) is 17.7 Å². The molecule has 6 nitrogen and oxygen atoms in total. The van der Waals surface area contributed by atoms with E-state index in [1.807, 2.05) is 36.1 Å². The number of carbonyl (C=O) groups is 2. The molecule has 6 heteroatoms. The second kappa shape index (κ2) is 9.03. The molecule has 1 N–H and O–H groups in total. The second-order valence-electron chi connectivity index (χ2n) is 7.01. The number of carbonyl (C=O) groups excluding carboxylic acids is 2. The monoisotopic (exact) mass is 359 g/mol. The first-order chi connectivity index (χ1) is 12.7. The summed E-state index contributed by atoms with van der Waals surface area (Å²) in [7, 11) is 0. The third-order valence-corrected chi connectivity index (χ3v) is 5.20. The van der Waals surface area contributed by atoms with Crippen molar-refractivity contribution in [3.63, 3.8) is 0 Å². The smallest absolute Gasteiger partial charge is 0.227 e. The molecule has 2 amide bonds. The van der Waals surface area contributed by atoms with Crippen LogP contribution in [0.1, 0.15) is 32.6 Å². The fourth-order valence-electron chi connectivity index (χ4n) is 3.66. The fraction of sp³-hybridized carbons (Fsp3) is 0.600. The van der Waals surface area contributed by atoms with Gasteiger partial charge in [-0.3, -0.25) is 9.59 Å². The van der Waals surface area contributed by atoms with Crippen LogP contribution in [0.3, 0.4) is 0 Å². The number of piperidine rings is 1. The molecule has 3 rings (SSSR count). The van der Waals surface area contributed by atoms with Crippen molar-refractivity contribution >= 4 is 23.2 Å². The number of morpholine rings is 1. The summed E-state index contributed by atoms with van der Waals surface area (Å²) in [5.74, 6) is 0.246. The molecule has 142 valence electrons. The molecule has 0 aromatic heterocycles. The largest absolute Gasteiger partial charge is 0.378 e. The summed E-state index contributed by atoms with van der Waals surface area (Å²) in [5.41, 5.74) is 1.92. The number of rotatable bonds is 5. The van der Waals surface area contributed by atoms with Crippen LogP contribution in [-0.2, 0) is 14.3 Å². The number of hydrogen-bond acceptors (Lipinski definition) is 4. The van der Waals surface area contributed by atoms with Crippen LogP contribution < -0.4 is 10.2 Å². The highest BCUT2D eigenvalue weighted by Gasteiger charge is 2.27. The number of amides is 2. The third-order valence-electron chi connectivity index (χ3n) is 5.20. The molecule has 2 heterocycles. The van der Waals surface area contributed by atoms with Crippen LogP contribution in [-0.4, -0.2) is 56.1 Å². The van der Waals surface area contributed by atoms with Crippen LogP contribution in [0.5, 0.6) is 0 Å². The number of hydrogen-bond donors (Lipinski definition) is 1. The van der Waals surface area contributed by atoms with Gasteiger partial charge in [-0.1, -0.05) is 19.1 Å². The van der Waals surface area contributed by atoms with Crippen LogP contribution in [0.25, 0.3) is 0 Å². The molecular weight excluding hydrogens is 330 g/mol. The van der Waals surface area contributed by atoms with Crippen molar-refractivity contribution in [1.29, 1.82) is 0 Å². The molecule has 2 aliphatic rings. The summed E-state index contributed by atoms with van der Waals surface area (Å²) in [6.07, 6.45) is 2.95. The Labute approximate surface area is 155 Å². The van der Waals surface area contributed by atoms with Crippen LogP contribution in [0.4, 0.5) is 11.4 Å². The molecule has 0 spiro atoms. The molecule has 2 fully saturated rings. The SMILES string of the molecule is CCCC(=O)N1CCC(C(=O)Nc2ccccc2N2CCOCC2)CC1. The molecule has 0 saturated carbocycles. The van der Waals surface area contributed by atoms with Gasteiger partial charge in [0.2, 0.25) is 11.8 Å². The van der Waals surface area contributed by atoms with E-state index >= 15 is 0 Å². The minimum absolute atomic E-state index is 0.0292. The first-order valence-electron chi connectivity index (χ1n) is 9.69. The van der Waals surface area contributed by atoms with E-state index in [0.29, 0.717) is 32.7 Å². The Morgan fingerprint density at radius 3 is 2.50 bits per heavy atom. The minimum atomic E-state index is -0.0292. The van der Waals surface area contributed by atoms with Gasteiger partial charge in [-0.05, 0) is 31.4 Å². The highest BCUT2D eigenvalue weighted by molar-refractivity contribution is 5.96. The zero-order valence-electron chi connectivity index (χ0n) is 15.6. The molecule has 0 atom stereocenters. The number of nitrogens with one attached hydrogen (secondary N) is 1. The van der Waals surface area contributed by atoms with Gasteiger partial charge in [-0.15, -0.1) is 0 Å². The highest BCUT2D eigenvalue weighted by Crippen LogP contribution is 2.28.